The van der Waals surface area contributed by atoms with E-state index in [9.17, 15) is 19.3 Å². The number of nitro groups is 1. The summed E-state index contributed by atoms with van der Waals surface area (Å²) < 4.78 is 14.5. The van der Waals surface area contributed by atoms with Gasteiger partial charge in [0, 0.05) is 6.54 Å². The third-order valence-corrected chi connectivity index (χ3v) is 2.85. The lowest BCUT2D eigenvalue weighted by molar-refractivity contribution is -0.389. The molecule has 110 valence electrons. The fourth-order valence-electron chi connectivity index (χ4n) is 1.69. The minimum Gasteiger partial charge on any atom is -0.358 e. The highest BCUT2D eigenvalue weighted by Gasteiger charge is 2.13. The molecule has 1 heterocycles. The molecule has 21 heavy (non-hydrogen) atoms. The lowest BCUT2D eigenvalue weighted by Gasteiger charge is -2.05. The third-order valence-electron chi connectivity index (χ3n) is 2.85. The molecule has 1 aromatic heterocycles. The molecule has 1 N–H and O–H groups in total. The Morgan fingerprint density at radius 3 is 2.86 bits per heavy atom. The lowest BCUT2D eigenvalue weighted by Crippen LogP contribution is -2.27. The second-order valence-corrected chi connectivity index (χ2v) is 4.49. The van der Waals surface area contributed by atoms with Crippen LogP contribution in [0.2, 0.25) is 0 Å². The van der Waals surface area contributed by atoms with Gasteiger partial charge in [0.2, 0.25) is 5.91 Å². The number of carbonyl (C=O) groups is 1. The van der Waals surface area contributed by atoms with Crippen molar-refractivity contribution >= 4 is 11.7 Å². The Hall–Kier alpha value is -2.77. The van der Waals surface area contributed by atoms with E-state index in [2.05, 4.69) is 10.4 Å². The van der Waals surface area contributed by atoms with E-state index in [1.54, 1.807) is 19.1 Å². The first-order chi connectivity index (χ1) is 9.95. The van der Waals surface area contributed by atoms with Gasteiger partial charge in [-0.1, -0.05) is 12.1 Å². The van der Waals surface area contributed by atoms with Crippen LogP contribution >= 0.6 is 0 Å². The molecule has 2 rings (SSSR count). The van der Waals surface area contributed by atoms with Gasteiger partial charge in [0.1, 0.15) is 12.4 Å². The van der Waals surface area contributed by atoms with Crippen LogP contribution in [0, 0.1) is 22.9 Å². The molecule has 0 bridgehead atoms. The van der Waals surface area contributed by atoms with E-state index in [0.717, 1.165) is 0 Å². The van der Waals surface area contributed by atoms with E-state index in [4.69, 9.17) is 0 Å². The summed E-state index contributed by atoms with van der Waals surface area (Å²) in [5.41, 5.74) is 1.17. The highest BCUT2D eigenvalue weighted by Crippen LogP contribution is 2.09. The van der Waals surface area contributed by atoms with Crippen LogP contribution in [0.1, 0.15) is 11.1 Å². The summed E-state index contributed by atoms with van der Waals surface area (Å²) in [4.78, 5) is 21.5. The topological polar surface area (TPSA) is 90.1 Å². The predicted molar refractivity (Wildman–Crippen MR) is 71.9 cm³/mol. The second kappa shape index (κ2) is 6.12. The molecule has 2 aromatic rings. The number of hydrogen-bond donors (Lipinski definition) is 1. The Morgan fingerprint density at radius 1 is 1.48 bits per heavy atom. The average Bonchev–Trinajstić information content (AvgIpc) is 2.89. The molecule has 1 aromatic carbocycles. The molecule has 8 heteroatoms. The maximum Gasteiger partial charge on any atom is 0.389 e. The zero-order valence-corrected chi connectivity index (χ0v) is 11.2. The minimum absolute atomic E-state index is 0.137. The highest BCUT2D eigenvalue weighted by atomic mass is 19.1. The monoisotopic (exact) mass is 292 g/mol. The predicted octanol–water partition coefficient (Wildman–Crippen LogP) is 1.56. The maximum atomic E-state index is 13.3. The number of rotatable bonds is 5. The van der Waals surface area contributed by atoms with Gasteiger partial charge in [-0.25, -0.2) is 4.39 Å². The van der Waals surface area contributed by atoms with Gasteiger partial charge in [0.25, 0.3) is 0 Å². The number of nitrogens with one attached hydrogen (secondary N) is 1. The van der Waals surface area contributed by atoms with Crippen molar-refractivity contribution < 1.29 is 14.1 Å². The maximum absolute atomic E-state index is 13.3. The number of halogens is 1. The average molecular weight is 292 g/mol. The summed E-state index contributed by atoms with van der Waals surface area (Å²) in [7, 11) is 0. The van der Waals surface area contributed by atoms with Gasteiger partial charge in [0.05, 0.1) is 17.4 Å². The van der Waals surface area contributed by atoms with Gasteiger partial charge >= 0.3 is 5.82 Å². The van der Waals surface area contributed by atoms with Crippen molar-refractivity contribution in [3.8, 4) is 0 Å². The van der Waals surface area contributed by atoms with Gasteiger partial charge in [-0.05, 0) is 29.0 Å². The minimum atomic E-state index is -0.635. The first kappa shape index (κ1) is 14.6. The molecule has 0 spiro atoms. The summed E-state index contributed by atoms with van der Waals surface area (Å²) in [6.45, 7) is 1.70. The normalized spacial score (nSPS) is 10.4. The van der Waals surface area contributed by atoms with Crippen LogP contribution in [-0.4, -0.2) is 20.6 Å². The Kier molecular flexibility index (Phi) is 4.27. The van der Waals surface area contributed by atoms with Crippen molar-refractivity contribution in [2.24, 2.45) is 0 Å². The summed E-state index contributed by atoms with van der Waals surface area (Å²) in [6.07, 6.45) is 1.35. The largest absolute Gasteiger partial charge is 0.389 e. The zero-order valence-electron chi connectivity index (χ0n) is 11.2. The SMILES string of the molecule is Cc1ccc(CNC(=O)Cn2ccc([N+](=O)[O-])n2)cc1F. The van der Waals surface area contributed by atoms with E-state index in [1.165, 1.54) is 23.0 Å². The van der Waals surface area contributed by atoms with Crippen molar-refractivity contribution in [1.29, 1.82) is 0 Å². The van der Waals surface area contributed by atoms with Crippen molar-refractivity contribution in [2.75, 3.05) is 0 Å². The molecule has 0 aliphatic rings. The van der Waals surface area contributed by atoms with E-state index < -0.39 is 4.92 Å². The van der Waals surface area contributed by atoms with Crippen molar-refractivity contribution in [2.45, 2.75) is 20.0 Å². The summed E-state index contributed by atoms with van der Waals surface area (Å²) >= 11 is 0. The van der Waals surface area contributed by atoms with Gasteiger partial charge < -0.3 is 15.4 Å². The molecule has 0 aliphatic heterocycles. The van der Waals surface area contributed by atoms with Gasteiger partial charge in [0.15, 0.2) is 0 Å². The van der Waals surface area contributed by atoms with E-state index in [1.807, 2.05) is 0 Å². The first-order valence-electron chi connectivity index (χ1n) is 6.15. The zero-order chi connectivity index (χ0) is 15.4. The number of amides is 1. The molecule has 0 atom stereocenters. The summed E-state index contributed by atoms with van der Waals surface area (Å²) in [5.74, 6) is -1.01. The molecular formula is C13H13FN4O3. The third kappa shape index (κ3) is 3.85. The summed E-state index contributed by atoms with van der Waals surface area (Å²) in [6, 6.07) is 5.92. The van der Waals surface area contributed by atoms with Gasteiger partial charge in [-0.2, -0.15) is 4.68 Å². The molecule has 0 radical (unpaired) electrons. The number of benzene rings is 1. The van der Waals surface area contributed by atoms with Crippen molar-refractivity contribution in [3.63, 3.8) is 0 Å². The smallest absolute Gasteiger partial charge is 0.358 e. The van der Waals surface area contributed by atoms with E-state index >= 15 is 0 Å². The highest BCUT2D eigenvalue weighted by molar-refractivity contribution is 5.75. The molecule has 0 saturated carbocycles. The van der Waals surface area contributed by atoms with Crippen LogP contribution in [0.5, 0.6) is 0 Å². The van der Waals surface area contributed by atoms with E-state index in [-0.39, 0.29) is 30.6 Å². The summed E-state index contributed by atoms with van der Waals surface area (Å²) in [5, 5.41) is 16.7. The number of aryl methyl sites for hydroxylation is 1. The van der Waals surface area contributed by atoms with Crippen LogP contribution in [-0.2, 0) is 17.9 Å². The molecule has 7 nitrogen and oxygen atoms in total. The molecule has 0 saturated heterocycles. The van der Waals surface area contributed by atoms with Gasteiger partial charge in [-0.15, -0.1) is 0 Å². The quantitative estimate of drug-likeness (QED) is 0.668. The van der Waals surface area contributed by atoms with Crippen LogP contribution < -0.4 is 5.32 Å². The molecular weight excluding hydrogens is 279 g/mol. The van der Waals surface area contributed by atoms with Crippen LogP contribution in [0.15, 0.2) is 30.5 Å². The van der Waals surface area contributed by atoms with E-state index in [0.29, 0.717) is 11.1 Å². The Balaban J connectivity index is 1.89. The fourth-order valence-corrected chi connectivity index (χ4v) is 1.69. The Bertz CT molecular complexity index is 684. The number of hydrogen-bond acceptors (Lipinski definition) is 4. The van der Waals surface area contributed by atoms with Crippen LogP contribution in [0.4, 0.5) is 10.2 Å². The van der Waals surface area contributed by atoms with Crippen LogP contribution in [0.3, 0.4) is 0 Å². The van der Waals surface area contributed by atoms with Crippen molar-refractivity contribution in [3.05, 3.63) is 57.5 Å². The number of nitrogens with zero attached hydrogens (tertiary/aromatic N) is 3. The molecule has 0 fully saturated rings. The first-order valence-corrected chi connectivity index (χ1v) is 6.15. The Labute approximate surface area is 119 Å². The van der Waals surface area contributed by atoms with Crippen molar-refractivity contribution in [1.82, 2.24) is 15.1 Å². The molecule has 0 unspecified atom stereocenters. The van der Waals surface area contributed by atoms with Crippen LogP contribution in [0.25, 0.3) is 0 Å². The second-order valence-electron chi connectivity index (χ2n) is 4.49. The fraction of sp³-hybridized carbons (Fsp3) is 0.231. The molecule has 0 aliphatic carbocycles. The standard InChI is InChI=1S/C13H13FN4O3/c1-9-2-3-10(6-11(9)14)7-15-13(19)8-17-5-4-12(16-17)18(20)21/h2-6H,7-8H2,1H3,(H,15,19). The molecule has 1 amide bonds. The lowest BCUT2D eigenvalue weighted by atomic mass is 10.1. The number of aromatic nitrogens is 2. The van der Waals surface area contributed by atoms with Gasteiger partial charge in [-0.3, -0.25) is 4.79 Å². The Morgan fingerprint density at radius 2 is 2.24 bits per heavy atom. The number of carbonyl (C=O) groups excluding carboxylic acids is 1.